The third-order valence-electron chi connectivity index (χ3n) is 3.64. The van der Waals surface area contributed by atoms with Gasteiger partial charge in [0.25, 0.3) is 5.56 Å². The predicted molar refractivity (Wildman–Crippen MR) is 82.4 cm³/mol. The van der Waals surface area contributed by atoms with Crippen LogP contribution in [0.1, 0.15) is 25.3 Å². The van der Waals surface area contributed by atoms with E-state index < -0.39 is 5.69 Å². The highest BCUT2D eigenvalue weighted by molar-refractivity contribution is 9.10. The number of aromatic nitrogens is 2. The number of H-pyrrole nitrogens is 1. The van der Waals surface area contributed by atoms with Gasteiger partial charge in [-0.25, -0.2) is 4.79 Å². The van der Waals surface area contributed by atoms with E-state index in [1.165, 1.54) is 4.57 Å². The molecular weight excluding hydrogens is 344 g/mol. The van der Waals surface area contributed by atoms with E-state index in [2.05, 4.69) is 20.9 Å². The van der Waals surface area contributed by atoms with Crippen molar-refractivity contribution in [2.75, 3.05) is 0 Å². The number of benzene rings is 1. The maximum Gasteiger partial charge on any atom is 0.329 e. The third kappa shape index (κ3) is 2.25. The minimum Gasteiger partial charge on any atom is -0.297 e. The molecule has 2 aromatic rings. The molecule has 4 nitrogen and oxygen atoms in total. The van der Waals surface area contributed by atoms with Crippen LogP contribution in [0.15, 0.2) is 38.3 Å². The van der Waals surface area contributed by atoms with Gasteiger partial charge in [-0.2, -0.15) is 0 Å². The smallest absolute Gasteiger partial charge is 0.297 e. The average molecular weight is 356 g/mol. The molecule has 1 N–H and O–H groups in total. The van der Waals surface area contributed by atoms with Crippen LogP contribution in [0.3, 0.4) is 0 Å². The minimum atomic E-state index is -0.427. The molecule has 0 aliphatic heterocycles. The van der Waals surface area contributed by atoms with E-state index in [0.717, 1.165) is 23.7 Å². The summed E-state index contributed by atoms with van der Waals surface area (Å²) in [6, 6.07) is 7.30. The molecular formula is C14H12BrClN2O2. The number of nitrogens with one attached hydrogen (secondary N) is 1. The SMILES string of the molecule is O=c1[nH]c(Cl)c(-c2cccc(Br)c2)c(=O)n1C1CCC1. The zero-order valence-corrected chi connectivity index (χ0v) is 12.9. The van der Waals surface area contributed by atoms with E-state index in [-0.39, 0.29) is 16.8 Å². The summed E-state index contributed by atoms with van der Waals surface area (Å²) in [5.41, 5.74) is 0.295. The number of hydrogen-bond acceptors (Lipinski definition) is 2. The van der Waals surface area contributed by atoms with Crippen molar-refractivity contribution in [1.82, 2.24) is 9.55 Å². The molecule has 0 amide bonds. The van der Waals surface area contributed by atoms with Gasteiger partial charge in [0.05, 0.1) is 5.56 Å². The van der Waals surface area contributed by atoms with E-state index >= 15 is 0 Å². The predicted octanol–water partition coefficient (Wildman–Crippen LogP) is 3.34. The van der Waals surface area contributed by atoms with Gasteiger partial charge < -0.3 is 0 Å². The van der Waals surface area contributed by atoms with Gasteiger partial charge in [-0.15, -0.1) is 0 Å². The van der Waals surface area contributed by atoms with Crippen LogP contribution in [0.25, 0.3) is 11.1 Å². The second-order valence-electron chi connectivity index (χ2n) is 4.89. The fourth-order valence-corrected chi connectivity index (χ4v) is 3.06. The first-order chi connectivity index (χ1) is 9.58. The highest BCUT2D eigenvalue weighted by atomic mass is 79.9. The van der Waals surface area contributed by atoms with E-state index in [4.69, 9.17) is 11.6 Å². The summed E-state index contributed by atoms with van der Waals surface area (Å²) in [6.07, 6.45) is 2.77. The maximum absolute atomic E-state index is 12.6. The molecule has 0 unspecified atom stereocenters. The summed E-state index contributed by atoms with van der Waals surface area (Å²) in [7, 11) is 0. The summed E-state index contributed by atoms with van der Waals surface area (Å²) in [4.78, 5) is 27.1. The molecule has 1 aliphatic carbocycles. The fourth-order valence-electron chi connectivity index (χ4n) is 2.39. The summed E-state index contributed by atoms with van der Waals surface area (Å²) >= 11 is 9.45. The van der Waals surface area contributed by atoms with Gasteiger partial charge in [-0.05, 0) is 37.0 Å². The quantitative estimate of drug-likeness (QED) is 0.840. The molecule has 0 bridgehead atoms. The highest BCUT2D eigenvalue weighted by Crippen LogP contribution is 2.30. The average Bonchev–Trinajstić information content (AvgIpc) is 2.32. The number of nitrogens with zero attached hydrogens (tertiary/aromatic N) is 1. The summed E-state index contributed by atoms with van der Waals surface area (Å²) in [5, 5.41) is 0.0914. The first-order valence-electron chi connectivity index (χ1n) is 6.38. The van der Waals surface area contributed by atoms with Gasteiger partial charge in [0, 0.05) is 10.5 Å². The fraction of sp³-hybridized carbons (Fsp3) is 0.286. The van der Waals surface area contributed by atoms with Crippen LogP contribution in [0, 0.1) is 0 Å². The van der Waals surface area contributed by atoms with Crippen LogP contribution in [0.2, 0.25) is 5.15 Å². The highest BCUT2D eigenvalue weighted by Gasteiger charge is 2.25. The zero-order valence-electron chi connectivity index (χ0n) is 10.5. The van der Waals surface area contributed by atoms with Gasteiger partial charge in [-0.3, -0.25) is 14.3 Å². The Bertz CT molecular complexity index is 777. The summed E-state index contributed by atoms with van der Waals surface area (Å²) in [6.45, 7) is 0. The topological polar surface area (TPSA) is 54.9 Å². The molecule has 0 saturated heterocycles. The van der Waals surface area contributed by atoms with Crippen LogP contribution in [-0.4, -0.2) is 9.55 Å². The number of rotatable bonds is 2. The molecule has 3 rings (SSSR count). The van der Waals surface area contributed by atoms with E-state index in [1.54, 1.807) is 6.07 Å². The van der Waals surface area contributed by atoms with Gasteiger partial charge in [0.15, 0.2) is 0 Å². The molecule has 0 radical (unpaired) electrons. The van der Waals surface area contributed by atoms with E-state index in [1.807, 2.05) is 18.2 Å². The van der Waals surface area contributed by atoms with Crippen molar-refractivity contribution in [3.8, 4) is 11.1 Å². The zero-order chi connectivity index (χ0) is 14.3. The largest absolute Gasteiger partial charge is 0.329 e. The van der Waals surface area contributed by atoms with E-state index in [0.29, 0.717) is 11.1 Å². The Morgan fingerprint density at radius 2 is 2.05 bits per heavy atom. The monoisotopic (exact) mass is 354 g/mol. The molecule has 1 aliphatic rings. The molecule has 1 fully saturated rings. The molecule has 0 spiro atoms. The Morgan fingerprint density at radius 3 is 2.65 bits per heavy atom. The second kappa shape index (κ2) is 5.22. The Balaban J connectivity index is 2.25. The van der Waals surface area contributed by atoms with Crippen molar-refractivity contribution in [2.45, 2.75) is 25.3 Å². The molecule has 1 saturated carbocycles. The normalized spacial score (nSPS) is 15.1. The lowest BCUT2D eigenvalue weighted by Crippen LogP contribution is -2.41. The van der Waals surface area contributed by atoms with Crippen molar-refractivity contribution in [3.63, 3.8) is 0 Å². The minimum absolute atomic E-state index is 0.00517. The van der Waals surface area contributed by atoms with Crippen LogP contribution in [0.5, 0.6) is 0 Å². The van der Waals surface area contributed by atoms with Crippen molar-refractivity contribution >= 4 is 27.5 Å². The molecule has 0 atom stereocenters. The van der Waals surface area contributed by atoms with Crippen LogP contribution in [0.4, 0.5) is 0 Å². The van der Waals surface area contributed by atoms with Crippen LogP contribution in [-0.2, 0) is 0 Å². The van der Waals surface area contributed by atoms with Crippen molar-refractivity contribution < 1.29 is 0 Å². The lowest BCUT2D eigenvalue weighted by Gasteiger charge is -2.27. The lowest BCUT2D eigenvalue weighted by atomic mass is 9.92. The van der Waals surface area contributed by atoms with Crippen molar-refractivity contribution in [2.24, 2.45) is 0 Å². The molecule has 1 aromatic carbocycles. The Hall–Kier alpha value is -1.33. The standard InChI is InChI=1S/C14H12BrClN2O2/c15-9-4-1-3-8(7-9)11-12(16)17-14(20)18(13(11)19)10-5-2-6-10/h1,3-4,7,10H,2,5-6H2,(H,17,20). The first kappa shape index (κ1) is 13.6. The van der Waals surface area contributed by atoms with Crippen LogP contribution >= 0.6 is 27.5 Å². The number of hydrogen-bond donors (Lipinski definition) is 1. The van der Waals surface area contributed by atoms with Gasteiger partial charge in [0.2, 0.25) is 0 Å². The maximum atomic E-state index is 12.6. The van der Waals surface area contributed by atoms with Crippen molar-refractivity contribution in [3.05, 3.63) is 54.7 Å². The first-order valence-corrected chi connectivity index (χ1v) is 7.55. The number of aromatic amines is 1. The third-order valence-corrected chi connectivity index (χ3v) is 4.42. The van der Waals surface area contributed by atoms with Gasteiger partial charge in [0.1, 0.15) is 5.15 Å². The van der Waals surface area contributed by atoms with Gasteiger partial charge in [-0.1, -0.05) is 39.7 Å². The Morgan fingerprint density at radius 1 is 1.30 bits per heavy atom. The second-order valence-corrected chi connectivity index (χ2v) is 6.18. The molecule has 6 heteroatoms. The van der Waals surface area contributed by atoms with Crippen LogP contribution < -0.4 is 11.2 Å². The van der Waals surface area contributed by atoms with Crippen molar-refractivity contribution in [1.29, 1.82) is 0 Å². The summed E-state index contributed by atoms with van der Waals surface area (Å²) < 4.78 is 2.15. The number of halogens is 2. The molecule has 20 heavy (non-hydrogen) atoms. The van der Waals surface area contributed by atoms with E-state index in [9.17, 15) is 9.59 Å². The Labute approximate surface area is 128 Å². The van der Waals surface area contributed by atoms with Gasteiger partial charge >= 0.3 is 5.69 Å². The summed E-state index contributed by atoms with van der Waals surface area (Å²) in [5.74, 6) is 0. The lowest BCUT2D eigenvalue weighted by molar-refractivity contribution is 0.297. The Kier molecular flexibility index (Phi) is 3.56. The molecule has 1 aromatic heterocycles. The molecule has 1 heterocycles. The molecule has 104 valence electrons.